The van der Waals surface area contributed by atoms with Gasteiger partial charge in [0.25, 0.3) is 5.56 Å². The van der Waals surface area contributed by atoms with E-state index in [1.807, 2.05) is 30.3 Å². The number of benzene rings is 3. The second-order valence-corrected chi connectivity index (χ2v) is 8.13. The number of nitrogens with one attached hydrogen (secondary N) is 1. The molecule has 1 N–H and O–H groups in total. The van der Waals surface area contributed by atoms with Crippen molar-refractivity contribution in [3.05, 3.63) is 108 Å². The quantitative estimate of drug-likeness (QED) is 0.382. The van der Waals surface area contributed by atoms with Gasteiger partial charge in [0.1, 0.15) is 12.4 Å². The van der Waals surface area contributed by atoms with Gasteiger partial charge in [0.15, 0.2) is 0 Å². The Labute approximate surface area is 188 Å². The van der Waals surface area contributed by atoms with Crippen LogP contribution in [0.15, 0.2) is 90.4 Å². The summed E-state index contributed by atoms with van der Waals surface area (Å²) in [5, 5.41) is 4.47. The summed E-state index contributed by atoms with van der Waals surface area (Å²) >= 11 is 7.01. The number of fused-ring (bicyclic) bond motifs is 1. The summed E-state index contributed by atoms with van der Waals surface area (Å²) in [7, 11) is 0. The maximum absolute atomic E-state index is 12.6. The van der Waals surface area contributed by atoms with Gasteiger partial charge < -0.3 is 9.72 Å². The maximum Gasteiger partial charge on any atom is 0.349 e. The molecule has 4 aromatic rings. The van der Waals surface area contributed by atoms with E-state index >= 15 is 0 Å². The second-order valence-electron chi connectivity index (χ2n) is 6.43. The van der Waals surface area contributed by atoms with Crippen molar-refractivity contribution >= 4 is 49.0 Å². The highest BCUT2D eigenvalue weighted by atomic mass is 79.9. The van der Waals surface area contributed by atoms with Gasteiger partial charge in [-0.15, -0.1) is 4.68 Å². The number of halogens is 2. The van der Waals surface area contributed by atoms with Crippen molar-refractivity contribution in [1.82, 2.24) is 9.66 Å². The number of hydrogen-bond acceptors (Lipinski definition) is 4. The molecule has 4 rings (SSSR count). The van der Waals surface area contributed by atoms with Crippen LogP contribution in [-0.2, 0) is 6.61 Å². The molecule has 0 fully saturated rings. The van der Waals surface area contributed by atoms with E-state index in [0.717, 1.165) is 10.2 Å². The molecule has 0 aliphatic rings. The molecule has 0 amide bonds. The average Bonchev–Trinajstić information content (AvgIpc) is 2.74. The Morgan fingerprint density at radius 3 is 2.37 bits per heavy atom. The lowest BCUT2D eigenvalue weighted by Crippen LogP contribution is -2.32. The van der Waals surface area contributed by atoms with Crippen molar-refractivity contribution in [2.75, 3.05) is 0 Å². The van der Waals surface area contributed by atoms with Crippen LogP contribution < -0.4 is 16.0 Å². The van der Waals surface area contributed by atoms with Crippen LogP contribution in [-0.4, -0.2) is 15.9 Å². The SMILES string of the molecule is O=c1[nH]c2ccccc2c(=O)n1N=Cc1cc(Br)c(OCc2ccccc2)c(Br)c1. The molecular weight excluding hydrogens is 514 g/mol. The minimum absolute atomic E-state index is 0.390. The Kier molecular flexibility index (Phi) is 5.96. The molecule has 1 heterocycles. The van der Waals surface area contributed by atoms with Crippen LogP contribution in [0.3, 0.4) is 0 Å². The summed E-state index contributed by atoms with van der Waals surface area (Å²) < 4.78 is 8.15. The summed E-state index contributed by atoms with van der Waals surface area (Å²) in [6, 6.07) is 20.3. The molecule has 30 heavy (non-hydrogen) atoms. The molecule has 3 aromatic carbocycles. The monoisotopic (exact) mass is 527 g/mol. The lowest BCUT2D eigenvalue weighted by Gasteiger charge is -2.11. The van der Waals surface area contributed by atoms with Gasteiger partial charge in [-0.05, 0) is 67.3 Å². The molecule has 0 radical (unpaired) electrons. The van der Waals surface area contributed by atoms with E-state index in [2.05, 4.69) is 41.9 Å². The number of aromatic nitrogens is 2. The van der Waals surface area contributed by atoms with Gasteiger partial charge >= 0.3 is 5.69 Å². The lowest BCUT2D eigenvalue weighted by atomic mass is 10.2. The average molecular weight is 529 g/mol. The smallest absolute Gasteiger partial charge is 0.349 e. The highest BCUT2D eigenvalue weighted by Crippen LogP contribution is 2.35. The van der Waals surface area contributed by atoms with Crippen LogP contribution in [0.5, 0.6) is 5.75 Å². The summed E-state index contributed by atoms with van der Waals surface area (Å²) in [5.41, 5.74) is 1.13. The van der Waals surface area contributed by atoms with E-state index in [1.54, 1.807) is 36.4 Å². The molecule has 0 aliphatic heterocycles. The van der Waals surface area contributed by atoms with Crippen LogP contribution in [0.2, 0.25) is 0 Å². The standard InChI is InChI=1S/C22H15Br2N3O3/c23-17-10-15(11-18(24)20(17)30-13-14-6-2-1-3-7-14)12-25-27-21(28)16-8-4-5-9-19(16)26-22(27)29/h1-12H,13H2,(H,26,29). The molecular formula is C22H15Br2N3O3. The Balaban J connectivity index is 1.61. The molecule has 0 saturated carbocycles. The second kappa shape index (κ2) is 8.81. The van der Waals surface area contributed by atoms with Crippen LogP contribution in [0.4, 0.5) is 0 Å². The van der Waals surface area contributed by atoms with Gasteiger partial charge in [-0.3, -0.25) is 4.79 Å². The molecule has 0 bridgehead atoms. The van der Waals surface area contributed by atoms with Gasteiger partial charge in [0.2, 0.25) is 0 Å². The predicted octanol–water partition coefficient (Wildman–Crippen LogP) is 4.68. The normalized spacial score (nSPS) is 11.3. The van der Waals surface area contributed by atoms with E-state index in [4.69, 9.17) is 4.74 Å². The van der Waals surface area contributed by atoms with Crippen molar-refractivity contribution in [3.8, 4) is 5.75 Å². The molecule has 8 heteroatoms. The number of H-pyrrole nitrogens is 1. The summed E-state index contributed by atoms with van der Waals surface area (Å²) in [6.07, 6.45) is 1.45. The Morgan fingerprint density at radius 2 is 1.63 bits per heavy atom. The zero-order chi connectivity index (χ0) is 21.1. The van der Waals surface area contributed by atoms with Gasteiger partial charge in [-0.2, -0.15) is 5.10 Å². The van der Waals surface area contributed by atoms with E-state index in [1.165, 1.54) is 6.21 Å². The van der Waals surface area contributed by atoms with Crippen LogP contribution >= 0.6 is 31.9 Å². The number of aromatic amines is 1. The van der Waals surface area contributed by atoms with Crippen molar-refractivity contribution in [1.29, 1.82) is 0 Å². The number of ether oxygens (including phenoxy) is 1. The van der Waals surface area contributed by atoms with Crippen LogP contribution in [0, 0.1) is 0 Å². The summed E-state index contributed by atoms with van der Waals surface area (Å²) in [4.78, 5) is 27.5. The Bertz CT molecular complexity index is 1340. The van der Waals surface area contributed by atoms with Gasteiger partial charge in [-0.25, -0.2) is 4.79 Å². The van der Waals surface area contributed by atoms with Gasteiger partial charge in [0, 0.05) is 0 Å². The first-order chi connectivity index (χ1) is 14.5. The first-order valence-electron chi connectivity index (χ1n) is 8.97. The topological polar surface area (TPSA) is 76.5 Å². The third-order valence-corrected chi connectivity index (χ3v) is 5.53. The predicted molar refractivity (Wildman–Crippen MR) is 124 cm³/mol. The van der Waals surface area contributed by atoms with Crippen molar-refractivity contribution in [2.24, 2.45) is 5.10 Å². The first-order valence-corrected chi connectivity index (χ1v) is 10.6. The molecule has 0 spiro atoms. The minimum Gasteiger partial charge on any atom is -0.487 e. The molecule has 1 aromatic heterocycles. The van der Waals surface area contributed by atoms with Crippen LogP contribution in [0.1, 0.15) is 11.1 Å². The molecule has 0 atom stereocenters. The molecule has 150 valence electrons. The number of para-hydroxylation sites is 1. The van der Waals surface area contributed by atoms with E-state index in [0.29, 0.717) is 37.8 Å². The third kappa shape index (κ3) is 4.29. The van der Waals surface area contributed by atoms with Gasteiger partial charge in [-0.1, -0.05) is 42.5 Å². The van der Waals surface area contributed by atoms with Crippen molar-refractivity contribution in [2.45, 2.75) is 6.61 Å². The zero-order valence-electron chi connectivity index (χ0n) is 15.5. The highest BCUT2D eigenvalue weighted by molar-refractivity contribution is 9.11. The van der Waals surface area contributed by atoms with Gasteiger partial charge in [0.05, 0.1) is 26.1 Å². The number of rotatable bonds is 5. The van der Waals surface area contributed by atoms with Crippen molar-refractivity contribution < 1.29 is 4.74 Å². The molecule has 0 aliphatic carbocycles. The molecule has 0 unspecified atom stereocenters. The molecule has 0 saturated heterocycles. The first kappa shape index (κ1) is 20.3. The third-order valence-electron chi connectivity index (χ3n) is 4.35. The Morgan fingerprint density at radius 1 is 0.967 bits per heavy atom. The molecule has 6 nitrogen and oxygen atoms in total. The number of hydrogen-bond donors (Lipinski definition) is 1. The minimum atomic E-state index is -0.601. The maximum atomic E-state index is 12.6. The van der Waals surface area contributed by atoms with Crippen molar-refractivity contribution in [3.63, 3.8) is 0 Å². The summed E-state index contributed by atoms with van der Waals surface area (Å²) in [5.74, 6) is 0.650. The lowest BCUT2D eigenvalue weighted by molar-refractivity contribution is 0.302. The summed E-state index contributed by atoms with van der Waals surface area (Å²) in [6.45, 7) is 0.424. The fraction of sp³-hybridized carbons (Fsp3) is 0.0455. The number of nitrogens with zero attached hydrogens (tertiary/aromatic N) is 2. The largest absolute Gasteiger partial charge is 0.487 e. The van der Waals surface area contributed by atoms with Crippen LogP contribution in [0.25, 0.3) is 10.9 Å². The zero-order valence-corrected chi connectivity index (χ0v) is 18.7. The Hall–Kier alpha value is -2.97. The van der Waals surface area contributed by atoms with E-state index in [9.17, 15) is 9.59 Å². The fourth-order valence-corrected chi connectivity index (χ4v) is 4.35. The van der Waals surface area contributed by atoms with E-state index in [-0.39, 0.29) is 0 Å². The fourth-order valence-electron chi connectivity index (χ4n) is 2.90. The highest BCUT2D eigenvalue weighted by Gasteiger charge is 2.10. The van der Waals surface area contributed by atoms with E-state index < -0.39 is 11.2 Å².